The first-order valence-electron chi connectivity index (χ1n) is 5.95. The van der Waals surface area contributed by atoms with Gasteiger partial charge in [0.1, 0.15) is 10.6 Å². The fourth-order valence-corrected chi connectivity index (χ4v) is 2.54. The number of nitrogens with one attached hydrogen (secondary N) is 1. The number of ether oxygens (including phenoxy) is 1. The Balaban J connectivity index is 1.90. The van der Waals surface area contributed by atoms with Gasteiger partial charge in [0.15, 0.2) is 0 Å². The van der Waals surface area contributed by atoms with Crippen LogP contribution in [0.1, 0.15) is 15.2 Å². The number of thiophene rings is 1. The molecule has 1 aromatic carbocycles. The molecule has 1 amide bonds. The number of carbonyl (C=O) groups excluding carboxylic acids is 1. The molecule has 0 aliphatic rings. The molecule has 0 unspecified atom stereocenters. The summed E-state index contributed by atoms with van der Waals surface area (Å²) >= 11 is 1.35. The van der Waals surface area contributed by atoms with Gasteiger partial charge in [-0.25, -0.2) is 0 Å². The molecule has 0 spiro atoms. The Bertz CT molecular complexity index is 566. The van der Waals surface area contributed by atoms with Crippen molar-refractivity contribution < 1.29 is 9.53 Å². The number of nitrogens with two attached hydrogens (primary N) is 1. The van der Waals surface area contributed by atoms with Gasteiger partial charge in [-0.2, -0.15) is 0 Å². The highest BCUT2D eigenvalue weighted by molar-refractivity contribution is 7.12. The second-order valence-corrected chi connectivity index (χ2v) is 4.94. The predicted molar refractivity (Wildman–Crippen MR) is 77.8 cm³/mol. The fourth-order valence-electron chi connectivity index (χ4n) is 1.80. The van der Waals surface area contributed by atoms with E-state index >= 15 is 0 Å². The summed E-state index contributed by atoms with van der Waals surface area (Å²) in [6.45, 7) is 0.552. The highest BCUT2D eigenvalue weighted by Gasteiger charge is 2.10. The molecule has 0 atom stereocenters. The number of para-hydroxylation sites is 1. The van der Waals surface area contributed by atoms with Crippen molar-refractivity contribution in [2.75, 3.05) is 19.4 Å². The summed E-state index contributed by atoms with van der Waals surface area (Å²) < 4.78 is 5.26. The minimum Gasteiger partial charge on any atom is -0.496 e. The van der Waals surface area contributed by atoms with E-state index in [-0.39, 0.29) is 5.91 Å². The molecule has 1 aromatic heterocycles. The van der Waals surface area contributed by atoms with Gasteiger partial charge in [-0.1, -0.05) is 18.2 Å². The smallest absolute Gasteiger partial charge is 0.263 e. The van der Waals surface area contributed by atoms with Gasteiger partial charge < -0.3 is 15.8 Å². The highest BCUT2D eigenvalue weighted by atomic mass is 32.1. The molecule has 0 saturated carbocycles. The van der Waals surface area contributed by atoms with Crippen LogP contribution >= 0.6 is 11.3 Å². The number of nitrogen functional groups attached to an aromatic ring is 1. The summed E-state index contributed by atoms with van der Waals surface area (Å²) in [4.78, 5) is 12.4. The van der Waals surface area contributed by atoms with Crippen LogP contribution in [0, 0.1) is 0 Å². The lowest BCUT2D eigenvalue weighted by atomic mass is 10.1. The number of methoxy groups -OCH3 is 1. The van der Waals surface area contributed by atoms with Crippen molar-refractivity contribution in [2.45, 2.75) is 6.42 Å². The van der Waals surface area contributed by atoms with Crippen LogP contribution in [-0.4, -0.2) is 19.6 Å². The summed E-state index contributed by atoms with van der Waals surface area (Å²) in [6.07, 6.45) is 0.723. The average molecular weight is 276 g/mol. The summed E-state index contributed by atoms with van der Waals surface area (Å²) in [5, 5.41) is 4.67. The van der Waals surface area contributed by atoms with Gasteiger partial charge in [-0.3, -0.25) is 4.79 Å². The zero-order chi connectivity index (χ0) is 13.7. The second-order valence-electron chi connectivity index (χ2n) is 4.02. The van der Waals surface area contributed by atoms with Gasteiger partial charge in [0.2, 0.25) is 0 Å². The molecule has 5 heteroatoms. The summed E-state index contributed by atoms with van der Waals surface area (Å²) in [6, 6.07) is 9.52. The van der Waals surface area contributed by atoms with Crippen LogP contribution in [0.25, 0.3) is 0 Å². The molecule has 3 N–H and O–H groups in total. The first-order valence-corrected chi connectivity index (χ1v) is 6.83. The first-order chi connectivity index (χ1) is 9.22. The van der Waals surface area contributed by atoms with Crippen molar-refractivity contribution in [3.63, 3.8) is 0 Å². The molecule has 19 heavy (non-hydrogen) atoms. The summed E-state index contributed by atoms with van der Waals surface area (Å²) in [5.74, 6) is 0.717. The predicted octanol–water partition coefficient (Wildman–Crippen LogP) is 2.31. The molecule has 2 aromatic rings. The number of hydrogen-bond donors (Lipinski definition) is 2. The first kappa shape index (κ1) is 13.4. The Hall–Kier alpha value is -2.01. The summed E-state index contributed by atoms with van der Waals surface area (Å²) in [7, 11) is 1.64. The Labute approximate surface area is 116 Å². The van der Waals surface area contributed by atoms with E-state index in [1.165, 1.54) is 11.3 Å². The number of carbonyl (C=O) groups is 1. The van der Waals surface area contributed by atoms with Crippen LogP contribution in [0.15, 0.2) is 35.7 Å². The molecular formula is C14H16N2O2S. The zero-order valence-electron chi connectivity index (χ0n) is 10.7. The van der Waals surface area contributed by atoms with E-state index in [1.807, 2.05) is 29.6 Å². The number of hydrogen-bond acceptors (Lipinski definition) is 4. The molecule has 0 aliphatic heterocycles. The third-order valence-electron chi connectivity index (χ3n) is 2.77. The van der Waals surface area contributed by atoms with E-state index in [9.17, 15) is 4.79 Å². The van der Waals surface area contributed by atoms with Gasteiger partial charge in [0, 0.05) is 6.54 Å². The Morgan fingerprint density at radius 2 is 2.16 bits per heavy atom. The number of benzene rings is 1. The standard InChI is InChI=1S/C14H16N2O2S/c1-18-12-5-3-2-4-10(12)6-8-16-14(17)13-11(15)7-9-19-13/h2-5,7,9H,6,8,15H2,1H3,(H,16,17). The van der Waals surface area contributed by atoms with Gasteiger partial charge >= 0.3 is 0 Å². The second kappa shape index (κ2) is 6.24. The highest BCUT2D eigenvalue weighted by Crippen LogP contribution is 2.19. The van der Waals surface area contributed by atoms with E-state index < -0.39 is 0 Å². The lowest BCUT2D eigenvalue weighted by Crippen LogP contribution is -2.25. The van der Waals surface area contributed by atoms with Gasteiger partial charge in [0.05, 0.1) is 12.8 Å². The number of amides is 1. The third kappa shape index (κ3) is 3.26. The fraction of sp³-hybridized carbons (Fsp3) is 0.214. The van der Waals surface area contributed by atoms with Crippen LogP contribution in [0.3, 0.4) is 0 Å². The van der Waals surface area contributed by atoms with E-state index in [0.29, 0.717) is 17.1 Å². The Morgan fingerprint density at radius 1 is 1.37 bits per heavy atom. The maximum atomic E-state index is 11.9. The largest absolute Gasteiger partial charge is 0.496 e. The van der Waals surface area contributed by atoms with E-state index in [0.717, 1.165) is 17.7 Å². The average Bonchev–Trinajstić information content (AvgIpc) is 2.85. The van der Waals surface area contributed by atoms with Crippen LogP contribution in [-0.2, 0) is 6.42 Å². The van der Waals surface area contributed by atoms with Crippen molar-refractivity contribution in [1.29, 1.82) is 0 Å². The number of rotatable bonds is 5. The van der Waals surface area contributed by atoms with E-state index in [1.54, 1.807) is 13.2 Å². The molecule has 0 radical (unpaired) electrons. The third-order valence-corrected chi connectivity index (χ3v) is 3.70. The molecule has 1 heterocycles. The van der Waals surface area contributed by atoms with Crippen LogP contribution in [0.2, 0.25) is 0 Å². The van der Waals surface area contributed by atoms with Crippen molar-refractivity contribution in [3.8, 4) is 5.75 Å². The van der Waals surface area contributed by atoms with Gasteiger partial charge in [0.25, 0.3) is 5.91 Å². The molecule has 2 rings (SSSR count). The molecule has 4 nitrogen and oxygen atoms in total. The molecule has 100 valence electrons. The van der Waals surface area contributed by atoms with Crippen molar-refractivity contribution in [2.24, 2.45) is 0 Å². The normalized spacial score (nSPS) is 10.2. The quantitative estimate of drug-likeness (QED) is 0.880. The molecule has 0 aliphatic carbocycles. The monoisotopic (exact) mass is 276 g/mol. The topological polar surface area (TPSA) is 64.3 Å². The van der Waals surface area contributed by atoms with Crippen molar-refractivity contribution >= 4 is 22.9 Å². The number of anilines is 1. The lowest BCUT2D eigenvalue weighted by Gasteiger charge is -2.08. The minimum atomic E-state index is -0.123. The van der Waals surface area contributed by atoms with E-state index in [4.69, 9.17) is 10.5 Å². The van der Waals surface area contributed by atoms with Crippen LogP contribution < -0.4 is 15.8 Å². The minimum absolute atomic E-state index is 0.123. The summed E-state index contributed by atoms with van der Waals surface area (Å²) in [5.41, 5.74) is 7.30. The molecular weight excluding hydrogens is 260 g/mol. The Kier molecular flexibility index (Phi) is 4.41. The van der Waals surface area contributed by atoms with Gasteiger partial charge in [-0.15, -0.1) is 11.3 Å². The zero-order valence-corrected chi connectivity index (χ0v) is 11.5. The van der Waals surface area contributed by atoms with E-state index in [2.05, 4.69) is 5.32 Å². The van der Waals surface area contributed by atoms with Crippen molar-refractivity contribution in [3.05, 3.63) is 46.2 Å². The maximum Gasteiger partial charge on any atom is 0.263 e. The molecule has 0 saturated heterocycles. The van der Waals surface area contributed by atoms with Crippen LogP contribution in [0.5, 0.6) is 5.75 Å². The SMILES string of the molecule is COc1ccccc1CCNC(=O)c1sccc1N. The Morgan fingerprint density at radius 3 is 2.84 bits per heavy atom. The lowest BCUT2D eigenvalue weighted by molar-refractivity contribution is 0.0959. The van der Waals surface area contributed by atoms with Crippen molar-refractivity contribution in [1.82, 2.24) is 5.32 Å². The molecule has 0 bridgehead atoms. The van der Waals surface area contributed by atoms with Gasteiger partial charge in [-0.05, 0) is 29.5 Å². The maximum absolute atomic E-state index is 11.9. The van der Waals surface area contributed by atoms with Crippen LogP contribution in [0.4, 0.5) is 5.69 Å². The molecule has 0 fully saturated rings.